The maximum atomic E-state index is 11.6. The Balaban J connectivity index is 2.11. The molecule has 0 amide bonds. The van der Waals surface area contributed by atoms with Gasteiger partial charge in [-0.25, -0.2) is 0 Å². The minimum Gasteiger partial charge on any atom is -0.493 e. The predicted molar refractivity (Wildman–Crippen MR) is 105 cm³/mol. The quantitative estimate of drug-likeness (QED) is 0.638. The van der Waals surface area contributed by atoms with Crippen molar-refractivity contribution in [3.05, 3.63) is 17.7 Å². The number of carbonyl (C=O) groups excluding carboxylic acids is 1. The first-order valence-corrected chi connectivity index (χ1v) is 9.89. The Kier molecular flexibility index (Phi) is 8.88. The number of aliphatic hydroxyl groups is 1. The third-order valence-corrected chi connectivity index (χ3v) is 4.94. The van der Waals surface area contributed by atoms with Crippen LogP contribution in [0.5, 0.6) is 17.2 Å². The summed E-state index contributed by atoms with van der Waals surface area (Å²) in [4.78, 5) is 14.0. The van der Waals surface area contributed by atoms with Crippen LogP contribution in [0.3, 0.4) is 0 Å². The molecule has 0 bridgehead atoms. The van der Waals surface area contributed by atoms with Gasteiger partial charge in [-0.15, -0.1) is 0 Å². The zero-order valence-corrected chi connectivity index (χ0v) is 16.8. The van der Waals surface area contributed by atoms with Crippen LogP contribution in [0.1, 0.15) is 45.1 Å². The lowest BCUT2D eigenvalue weighted by Crippen LogP contribution is -2.33. The molecule has 0 spiro atoms. The van der Waals surface area contributed by atoms with E-state index >= 15 is 0 Å². The average molecular weight is 379 g/mol. The number of ether oxygens (including phenoxy) is 3. The van der Waals surface area contributed by atoms with Gasteiger partial charge in [0.25, 0.3) is 0 Å². The minimum atomic E-state index is -0.535. The molecule has 1 unspecified atom stereocenters. The van der Waals surface area contributed by atoms with Gasteiger partial charge in [-0.2, -0.15) is 0 Å². The summed E-state index contributed by atoms with van der Waals surface area (Å²) in [7, 11) is 1.61. The second-order valence-electron chi connectivity index (χ2n) is 7.06. The van der Waals surface area contributed by atoms with Crippen molar-refractivity contribution in [2.24, 2.45) is 0 Å². The van der Waals surface area contributed by atoms with E-state index in [0.717, 1.165) is 25.2 Å². The van der Waals surface area contributed by atoms with Crippen molar-refractivity contribution in [1.82, 2.24) is 4.90 Å². The number of rotatable bonds is 11. The molecule has 27 heavy (non-hydrogen) atoms. The van der Waals surface area contributed by atoms with Crippen LogP contribution < -0.4 is 14.2 Å². The lowest BCUT2D eigenvalue weighted by atomic mass is 10.1. The molecule has 0 aliphatic carbocycles. The number of nitrogens with zero attached hydrogens (tertiary/aromatic N) is 1. The van der Waals surface area contributed by atoms with E-state index in [2.05, 4.69) is 4.90 Å². The molecule has 0 saturated carbocycles. The largest absolute Gasteiger partial charge is 0.493 e. The van der Waals surface area contributed by atoms with Gasteiger partial charge in [0.15, 0.2) is 23.4 Å². The normalized spacial score (nSPS) is 16.0. The van der Waals surface area contributed by atoms with Crippen molar-refractivity contribution in [2.45, 2.75) is 52.1 Å². The van der Waals surface area contributed by atoms with Crippen molar-refractivity contribution in [3.8, 4) is 17.2 Å². The van der Waals surface area contributed by atoms with Crippen molar-refractivity contribution >= 4 is 5.78 Å². The monoisotopic (exact) mass is 379 g/mol. The zero-order valence-electron chi connectivity index (χ0n) is 16.8. The standard InChI is InChI=1S/C21H33NO5/c1-16(24)17(2)27-19-15-21(20(25-3)14-18(19)8-7-12-23)26-13-11-22-9-5-4-6-10-22/h14-15,17,23H,4-13H2,1-3H3. The molecule has 1 N–H and O–H groups in total. The molecule has 6 heteroatoms. The van der Waals surface area contributed by atoms with Gasteiger partial charge >= 0.3 is 0 Å². The van der Waals surface area contributed by atoms with Gasteiger partial charge in [0.1, 0.15) is 12.4 Å². The van der Waals surface area contributed by atoms with Gasteiger partial charge in [0.2, 0.25) is 0 Å². The zero-order chi connectivity index (χ0) is 19.6. The van der Waals surface area contributed by atoms with Crippen LogP contribution in [-0.2, 0) is 11.2 Å². The van der Waals surface area contributed by atoms with Crippen LogP contribution in [0.25, 0.3) is 0 Å². The predicted octanol–water partition coefficient (Wildman–Crippen LogP) is 2.84. The fourth-order valence-electron chi connectivity index (χ4n) is 3.17. The van der Waals surface area contributed by atoms with Gasteiger partial charge in [0.05, 0.1) is 7.11 Å². The fraction of sp³-hybridized carbons (Fsp3) is 0.667. The number of ketones is 1. The van der Waals surface area contributed by atoms with Crippen molar-refractivity contribution in [3.63, 3.8) is 0 Å². The Hall–Kier alpha value is -1.79. The smallest absolute Gasteiger partial charge is 0.169 e. The van der Waals surface area contributed by atoms with Gasteiger partial charge in [-0.1, -0.05) is 6.42 Å². The van der Waals surface area contributed by atoms with Crippen LogP contribution >= 0.6 is 0 Å². The third kappa shape index (κ3) is 6.70. The highest BCUT2D eigenvalue weighted by Gasteiger charge is 2.17. The maximum absolute atomic E-state index is 11.6. The summed E-state index contributed by atoms with van der Waals surface area (Å²) in [5.41, 5.74) is 0.900. The van der Waals surface area contributed by atoms with E-state index in [-0.39, 0.29) is 12.4 Å². The summed E-state index contributed by atoms with van der Waals surface area (Å²) in [5.74, 6) is 1.84. The molecule has 1 atom stereocenters. The number of methoxy groups -OCH3 is 1. The van der Waals surface area contributed by atoms with Crippen LogP contribution in [0.15, 0.2) is 12.1 Å². The molecule has 1 aliphatic rings. The first-order valence-electron chi connectivity index (χ1n) is 9.89. The number of hydrogen-bond acceptors (Lipinski definition) is 6. The summed E-state index contributed by atoms with van der Waals surface area (Å²) >= 11 is 0. The molecule has 1 fully saturated rings. The minimum absolute atomic E-state index is 0.0357. The molecule has 152 valence electrons. The number of hydrogen-bond donors (Lipinski definition) is 1. The number of aliphatic hydroxyl groups excluding tert-OH is 1. The van der Waals surface area contributed by atoms with E-state index in [4.69, 9.17) is 19.3 Å². The van der Waals surface area contributed by atoms with Crippen LogP contribution in [0.4, 0.5) is 0 Å². The van der Waals surface area contributed by atoms with Crippen LogP contribution in [-0.4, -0.2) is 61.9 Å². The Labute approximate surface area is 162 Å². The molecule has 1 aromatic carbocycles. The topological polar surface area (TPSA) is 68.2 Å². The first-order chi connectivity index (χ1) is 13.0. The van der Waals surface area contributed by atoms with E-state index in [9.17, 15) is 4.79 Å². The van der Waals surface area contributed by atoms with E-state index in [0.29, 0.717) is 36.7 Å². The van der Waals surface area contributed by atoms with Crippen molar-refractivity contribution in [1.29, 1.82) is 0 Å². The summed E-state index contributed by atoms with van der Waals surface area (Å²) in [5, 5.41) is 9.15. The SMILES string of the molecule is COc1cc(CCCO)c(OC(C)C(C)=O)cc1OCCN1CCCCC1. The lowest BCUT2D eigenvalue weighted by Gasteiger charge is -2.26. The number of Topliss-reactive ketones (excluding diaryl/α,β-unsaturated/α-hetero) is 1. The average Bonchev–Trinajstić information content (AvgIpc) is 2.68. The Bertz CT molecular complexity index is 598. The van der Waals surface area contributed by atoms with Gasteiger partial charge < -0.3 is 19.3 Å². The number of piperidine rings is 1. The van der Waals surface area contributed by atoms with Crippen LogP contribution in [0.2, 0.25) is 0 Å². The summed E-state index contributed by atoms with van der Waals surface area (Å²) < 4.78 is 17.3. The molecule has 1 aliphatic heterocycles. The van der Waals surface area contributed by atoms with E-state index in [1.807, 2.05) is 6.07 Å². The fourth-order valence-corrected chi connectivity index (χ4v) is 3.17. The second kappa shape index (κ2) is 11.1. The van der Waals surface area contributed by atoms with Crippen LogP contribution in [0, 0.1) is 0 Å². The Morgan fingerprint density at radius 1 is 1.19 bits per heavy atom. The highest BCUT2D eigenvalue weighted by atomic mass is 16.5. The van der Waals surface area contributed by atoms with Gasteiger partial charge in [-0.3, -0.25) is 9.69 Å². The van der Waals surface area contributed by atoms with E-state index < -0.39 is 6.10 Å². The molecule has 1 heterocycles. The van der Waals surface area contributed by atoms with E-state index in [1.54, 1.807) is 20.1 Å². The first kappa shape index (κ1) is 21.5. The Morgan fingerprint density at radius 2 is 1.93 bits per heavy atom. The highest BCUT2D eigenvalue weighted by molar-refractivity contribution is 5.80. The molecule has 1 saturated heterocycles. The maximum Gasteiger partial charge on any atom is 0.169 e. The second-order valence-corrected chi connectivity index (χ2v) is 7.06. The summed E-state index contributed by atoms with van der Waals surface area (Å²) in [6.07, 6.45) is 4.54. The summed E-state index contributed by atoms with van der Waals surface area (Å²) in [6, 6.07) is 3.69. The molecule has 6 nitrogen and oxygen atoms in total. The molecule has 0 aromatic heterocycles. The van der Waals surface area contributed by atoms with Gasteiger partial charge in [-0.05, 0) is 64.3 Å². The number of carbonyl (C=O) groups is 1. The Morgan fingerprint density at radius 3 is 2.56 bits per heavy atom. The molecule has 1 aromatic rings. The molecule has 2 rings (SSSR count). The van der Waals surface area contributed by atoms with Gasteiger partial charge in [0, 0.05) is 19.2 Å². The third-order valence-electron chi connectivity index (χ3n) is 4.94. The van der Waals surface area contributed by atoms with Crippen molar-refractivity contribution < 1.29 is 24.1 Å². The number of benzene rings is 1. The highest BCUT2D eigenvalue weighted by Crippen LogP contribution is 2.36. The lowest BCUT2D eigenvalue weighted by molar-refractivity contribution is -0.122. The molecule has 0 radical (unpaired) electrons. The molecular weight excluding hydrogens is 346 g/mol. The van der Waals surface area contributed by atoms with E-state index in [1.165, 1.54) is 26.2 Å². The van der Waals surface area contributed by atoms with Crippen molar-refractivity contribution in [2.75, 3.05) is 40.0 Å². The number of aryl methyl sites for hydroxylation is 1. The summed E-state index contributed by atoms with van der Waals surface area (Å²) in [6.45, 7) is 7.06. The number of likely N-dealkylation sites (tertiary alicyclic amines) is 1. The molecular formula is C21H33NO5.